The first kappa shape index (κ1) is 15.8. The minimum atomic E-state index is -0.0879. The third-order valence-electron chi connectivity index (χ3n) is 3.74. The number of aryl methyl sites for hydroxylation is 3. The van der Waals surface area contributed by atoms with E-state index in [0.29, 0.717) is 23.1 Å². The van der Waals surface area contributed by atoms with Crippen LogP contribution < -0.4 is 4.74 Å². The molecule has 0 radical (unpaired) electrons. The van der Waals surface area contributed by atoms with E-state index < -0.39 is 0 Å². The van der Waals surface area contributed by atoms with E-state index in [4.69, 9.17) is 4.74 Å². The van der Waals surface area contributed by atoms with Crippen molar-refractivity contribution in [3.8, 4) is 6.01 Å². The summed E-state index contributed by atoms with van der Waals surface area (Å²) in [6.45, 7) is 6.89. The highest BCUT2D eigenvalue weighted by Crippen LogP contribution is 2.20. The lowest BCUT2D eigenvalue weighted by Crippen LogP contribution is -2.44. The fourth-order valence-electron chi connectivity index (χ4n) is 2.69. The highest BCUT2D eigenvalue weighted by Gasteiger charge is 2.28. The van der Waals surface area contributed by atoms with Gasteiger partial charge < -0.3 is 9.64 Å². The smallest absolute Gasteiger partial charge is 0.317 e. The zero-order chi connectivity index (χ0) is 16.4. The van der Waals surface area contributed by atoms with Crippen molar-refractivity contribution in [2.24, 2.45) is 0 Å². The number of amides is 1. The maximum atomic E-state index is 12.6. The standard InChI is InChI=1S/C15H19N5O2S/c1-9-7-10(2)17-15(16-9)22-12-5-4-6-20(8-12)14(21)13-11(3)18-19-23-13/h7,12H,4-6,8H2,1-3H3/t12-/m1/s1. The molecule has 0 saturated carbocycles. The molecule has 0 aromatic carbocycles. The van der Waals surface area contributed by atoms with Crippen LogP contribution in [0.15, 0.2) is 6.07 Å². The van der Waals surface area contributed by atoms with Crippen LogP contribution in [0.5, 0.6) is 6.01 Å². The first-order valence-corrected chi connectivity index (χ1v) is 8.37. The Labute approximate surface area is 138 Å². The first-order chi connectivity index (χ1) is 11.0. The zero-order valence-electron chi connectivity index (χ0n) is 13.4. The molecule has 0 bridgehead atoms. The number of hydrogen-bond donors (Lipinski definition) is 0. The molecular formula is C15H19N5O2S. The van der Waals surface area contributed by atoms with E-state index in [1.165, 1.54) is 0 Å². The summed E-state index contributed by atoms with van der Waals surface area (Å²) in [4.78, 5) is 23.6. The molecule has 0 aliphatic carbocycles. The number of rotatable bonds is 3. The summed E-state index contributed by atoms with van der Waals surface area (Å²) in [5.41, 5.74) is 2.44. The monoisotopic (exact) mass is 333 g/mol. The predicted octanol–water partition coefficient (Wildman–Crippen LogP) is 1.94. The Morgan fingerprint density at radius 2 is 2.04 bits per heavy atom. The lowest BCUT2D eigenvalue weighted by molar-refractivity contribution is 0.0518. The lowest BCUT2D eigenvalue weighted by atomic mass is 10.1. The molecule has 8 heteroatoms. The minimum Gasteiger partial charge on any atom is -0.458 e. The second-order valence-corrected chi connectivity index (χ2v) is 6.51. The summed E-state index contributed by atoms with van der Waals surface area (Å²) in [7, 11) is 0. The molecule has 3 rings (SSSR count). The first-order valence-electron chi connectivity index (χ1n) is 7.60. The molecule has 1 saturated heterocycles. The number of piperidine rings is 1. The minimum absolute atomic E-state index is 0.0212. The molecule has 0 N–H and O–H groups in total. The van der Waals surface area contributed by atoms with E-state index in [1.54, 1.807) is 11.8 Å². The van der Waals surface area contributed by atoms with Crippen LogP contribution >= 0.6 is 11.5 Å². The largest absolute Gasteiger partial charge is 0.458 e. The Morgan fingerprint density at radius 3 is 2.70 bits per heavy atom. The molecular weight excluding hydrogens is 314 g/mol. The normalized spacial score (nSPS) is 18.0. The van der Waals surface area contributed by atoms with Crippen molar-refractivity contribution in [2.75, 3.05) is 13.1 Å². The fourth-order valence-corrected chi connectivity index (χ4v) is 3.31. The van der Waals surface area contributed by atoms with Crippen molar-refractivity contribution in [3.05, 3.63) is 28.0 Å². The van der Waals surface area contributed by atoms with Crippen LogP contribution in [0.25, 0.3) is 0 Å². The molecule has 2 aromatic heterocycles. The van der Waals surface area contributed by atoms with Crippen LogP contribution in [-0.2, 0) is 0 Å². The third-order valence-corrected chi connectivity index (χ3v) is 4.56. The molecule has 122 valence electrons. The molecule has 1 aliphatic rings. The maximum absolute atomic E-state index is 12.6. The molecule has 7 nitrogen and oxygen atoms in total. The highest BCUT2D eigenvalue weighted by atomic mass is 32.1. The maximum Gasteiger partial charge on any atom is 0.317 e. The van der Waals surface area contributed by atoms with Crippen LogP contribution in [0.2, 0.25) is 0 Å². The van der Waals surface area contributed by atoms with Crippen LogP contribution in [-0.4, -0.2) is 49.6 Å². The Hall–Kier alpha value is -2.09. The molecule has 1 atom stereocenters. The Morgan fingerprint density at radius 1 is 1.30 bits per heavy atom. The number of nitrogens with zero attached hydrogens (tertiary/aromatic N) is 5. The Kier molecular flexibility index (Phi) is 4.51. The number of carbonyl (C=O) groups excluding carboxylic acids is 1. The Bertz CT molecular complexity index is 697. The van der Waals surface area contributed by atoms with E-state index in [-0.39, 0.29) is 12.0 Å². The summed E-state index contributed by atoms with van der Waals surface area (Å²) in [5, 5.41) is 3.91. The van der Waals surface area contributed by atoms with E-state index >= 15 is 0 Å². The molecule has 1 fully saturated rings. The van der Waals surface area contributed by atoms with Gasteiger partial charge in [0, 0.05) is 17.9 Å². The van der Waals surface area contributed by atoms with Gasteiger partial charge in [-0.2, -0.15) is 0 Å². The van der Waals surface area contributed by atoms with Gasteiger partial charge in [0.05, 0.1) is 12.2 Å². The average Bonchev–Trinajstić information content (AvgIpc) is 2.92. The molecule has 1 aliphatic heterocycles. The van der Waals surface area contributed by atoms with E-state index in [1.807, 2.05) is 19.9 Å². The number of aromatic nitrogens is 4. The van der Waals surface area contributed by atoms with E-state index in [0.717, 1.165) is 42.3 Å². The van der Waals surface area contributed by atoms with Gasteiger partial charge in [-0.15, -0.1) is 5.10 Å². The quantitative estimate of drug-likeness (QED) is 0.854. The van der Waals surface area contributed by atoms with Crippen molar-refractivity contribution in [3.63, 3.8) is 0 Å². The molecule has 23 heavy (non-hydrogen) atoms. The van der Waals surface area contributed by atoms with Gasteiger partial charge >= 0.3 is 6.01 Å². The van der Waals surface area contributed by atoms with Crippen LogP contribution in [0.4, 0.5) is 0 Å². The van der Waals surface area contributed by atoms with Crippen LogP contribution in [0.3, 0.4) is 0 Å². The van der Waals surface area contributed by atoms with Gasteiger partial charge in [-0.3, -0.25) is 4.79 Å². The molecule has 0 unspecified atom stereocenters. The number of carbonyl (C=O) groups is 1. The molecule has 2 aromatic rings. The van der Waals surface area contributed by atoms with E-state index in [2.05, 4.69) is 19.6 Å². The SMILES string of the molecule is Cc1cc(C)nc(O[C@@H]2CCCN(C(=O)c3snnc3C)C2)n1. The number of ether oxygens (including phenoxy) is 1. The van der Waals surface area contributed by atoms with Gasteiger partial charge in [-0.05, 0) is 51.2 Å². The van der Waals surface area contributed by atoms with Crippen LogP contribution in [0.1, 0.15) is 39.6 Å². The van der Waals surface area contributed by atoms with Crippen molar-refractivity contribution < 1.29 is 9.53 Å². The lowest BCUT2D eigenvalue weighted by Gasteiger charge is -2.32. The van der Waals surface area contributed by atoms with Gasteiger partial charge in [0.15, 0.2) is 0 Å². The zero-order valence-corrected chi connectivity index (χ0v) is 14.3. The van der Waals surface area contributed by atoms with Gasteiger partial charge in [0.2, 0.25) is 0 Å². The molecule has 1 amide bonds. The number of hydrogen-bond acceptors (Lipinski definition) is 7. The number of likely N-dealkylation sites (tertiary alicyclic amines) is 1. The fraction of sp³-hybridized carbons (Fsp3) is 0.533. The van der Waals surface area contributed by atoms with Gasteiger partial charge in [-0.1, -0.05) is 4.49 Å². The summed E-state index contributed by atoms with van der Waals surface area (Å²) in [6, 6.07) is 2.29. The summed E-state index contributed by atoms with van der Waals surface area (Å²) >= 11 is 1.14. The highest BCUT2D eigenvalue weighted by molar-refractivity contribution is 7.07. The predicted molar refractivity (Wildman–Crippen MR) is 85.7 cm³/mol. The topological polar surface area (TPSA) is 81.1 Å². The summed E-state index contributed by atoms with van der Waals surface area (Å²) in [6.07, 6.45) is 1.70. The molecule has 3 heterocycles. The average molecular weight is 333 g/mol. The third kappa shape index (κ3) is 3.64. The Balaban J connectivity index is 1.68. The van der Waals surface area contributed by atoms with Gasteiger partial charge in [0.1, 0.15) is 11.0 Å². The van der Waals surface area contributed by atoms with Crippen molar-refractivity contribution >= 4 is 17.4 Å². The second kappa shape index (κ2) is 6.57. The van der Waals surface area contributed by atoms with Crippen LogP contribution in [0, 0.1) is 20.8 Å². The second-order valence-electron chi connectivity index (χ2n) is 5.75. The molecule has 0 spiro atoms. The van der Waals surface area contributed by atoms with Crippen molar-refractivity contribution in [1.29, 1.82) is 0 Å². The van der Waals surface area contributed by atoms with Crippen molar-refractivity contribution in [2.45, 2.75) is 39.7 Å². The van der Waals surface area contributed by atoms with Gasteiger partial charge in [-0.25, -0.2) is 9.97 Å². The summed E-state index contributed by atoms with van der Waals surface area (Å²) in [5.74, 6) is -0.0212. The van der Waals surface area contributed by atoms with Crippen molar-refractivity contribution in [1.82, 2.24) is 24.5 Å². The summed E-state index contributed by atoms with van der Waals surface area (Å²) < 4.78 is 9.74. The van der Waals surface area contributed by atoms with Gasteiger partial charge in [0.25, 0.3) is 5.91 Å². The van der Waals surface area contributed by atoms with E-state index in [9.17, 15) is 4.79 Å².